The summed E-state index contributed by atoms with van der Waals surface area (Å²) >= 11 is 1.37. The topological polar surface area (TPSA) is 68.3 Å². The molecule has 7 heteroatoms. The van der Waals surface area contributed by atoms with Crippen molar-refractivity contribution in [2.45, 2.75) is 40.0 Å². The summed E-state index contributed by atoms with van der Waals surface area (Å²) in [5, 5.41) is 3.30. The summed E-state index contributed by atoms with van der Waals surface area (Å²) in [6.07, 6.45) is 3.88. The van der Waals surface area contributed by atoms with Crippen LogP contribution in [0.4, 0.5) is 9.39 Å². The molecule has 1 amide bonds. The Morgan fingerprint density at radius 1 is 1.32 bits per heavy atom. The minimum absolute atomic E-state index is 0.172. The van der Waals surface area contributed by atoms with E-state index in [-0.39, 0.29) is 18.9 Å². The highest BCUT2D eigenvalue weighted by Gasteiger charge is 2.23. The number of amides is 1. The number of aromatic nitrogens is 1. The van der Waals surface area contributed by atoms with Crippen LogP contribution in [-0.2, 0) is 22.4 Å². The van der Waals surface area contributed by atoms with Crippen LogP contribution in [0.15, 0.2) is 18.5 Å². The van der Waals surface area contributed by atoms with Gasteiger partial charge in [-0.25, -0.2) is 9.18 Å². The van der Waals surface area contributed by atoms with Crippen LogP contribution in [0.3, 0.4) is 0 Å². The number of anilines is 1. The van der Waals surface area contributed by atoms with Crippen LogP contribution >= 0.6 is 11.3 Å². The molecule has 0 unspecified atom stereocenters. The molecule has 0 radical (unpaired) electrons. The Balaban J connectivity index is 2.10. The zero-order chi connectivity index (χ0) is 18.4. The quantitative estimate of drug-likeness (QED) is 0.757. The molecule has 0 atom stereocenters. The van der Waals surface area contributed by atoms with Crippen molar-refractivity contribution in [3.63, 3.8) is 0 Å². The molecule has 25 heavy (non-hydrogen) atoms. The standard InChI is InChI=1S/C18H21FN2O3S/c1-4-14-11(3)25-17(16(14)18(23)24-5-2)21-15(22)7-6-12-8-13(19)10-20-9-12/h8-10H,4-7H2,1-3H3,(H,21,22). The molecule has 0 bridgehead atoms. The molecule has 2 heterocycles. The zero-order valence-corrected chi connectivity index (χ0v) is 15.3. The molecular formula is C18H21FN2O3S. The lowest BCUT2D eigenvalue weighted by molar-refractivity contribution is -0.116. The first-order chi connectivity index (χ1) is 12.0. The fraction of sp³-hybridized carbons (Fsp3) is 0.389. The number of rotatable bonds is 7. The number of nitrogens with zero attached hydrogens (tertiary/aromatic N) is 1. The first kappa shape index (κ1) is 19.1. The lowest BCUT2D eigenvalue weighted by Gasteiger charge is -2.08. The summed E-state index contributed by atoms with van der Waals surface area (Å²) in [5.41, 5.74) is 1.98. The highest BCUT2D eigenvalue weighted by atomic mass is 32.1. The van der Waals surface area contributed by atoms with Crippen molar-refractivity contribution in [3.05, 3.63) is 45.8 Å². The average Bonchev–Trinajstić information content (AvgIpc) is 2.88. The molecule has 0 saturated carbocycles. The Morgan fingerprint density at radius 3 is 2.72 bits per heavy atom. The number of esters is 1. The molecule has 0 aliphatic carbocycles. The van der Waals surface area contributed by atoms with Gasteiger partial charge in [-0.2, -0.15) is 0 Å². The lowest BCUT2D eigenvalue weighted by Crippen LogP contribution is -2.15. The highest BCUT2D eigenvalue weighted by Crippen LogP contribution is 2.34. The first-order valence-electron chi connectivity index (χ1n) is 8.14. The largest absolute Gasteiger partial charge is 0.462 e. The number of thiophene rings is 1. The number of aryl methyl sites for hydroxylation is 2. The van der Waals surface area contributed by atoms with Crippen LogP contribution < -0.4 is 5.32 Å². The van der Waals surface area contributed by atoms with E-state index in [2.05, 4.69) is 10.3 Å². The van der Waals surface area contributed by atoms with E-state index < -0.39 is 11.8 Å². The van der Waals surface area contributed by atoms with Crippen LogP contribution in [0.25, 0.3) is 0 Å². The number of pyridine rings is 1. The van der Waals surface area contributed by atoms with Crippen molar-refractivity contribution >= 4 is 28.2 Å². The van der Waals surface area contributed by atoms with Gasteiger partial charge >= 0.3 is 5.97 Å². The second-order valence-corrected chi connectivity index (χ2v) is 6.70. The van der Waals surface area contributed by atoms with Gasteiger partial charge in [0.2, 0.25) is 5.91 Å². The van der Waals surface area contributed by atoms with Gasteiger partial charge in [0.25, 0.3) is 0 Å². The Bertz CT molecular complexity index is 774. The Morgan fingerprint density at radius 2 is 2.08 bits per heavy atom. The smallest absolute Gasteiger partial charge is 0.341 e. The van der Waals surface area contributed by atoms with Crippen molar-refractivity contribution in [2.75, 3.05) is 11.9 Å². The van der Waals surface area contributed by atoms with E-state index in [4.69, 9.17) is 4.74 Å². The summed E-state index contributed by atoms with van der Waals surface area (Å²) in [7, 11) is 0. The Hall–Kier alpha value is -2.28. The van der Waals surface area contributed by atoms with Crippen molar-refractivity contribution in [1.29, 1.82) is 0 Å². The molecule has 0 aliphatic rings. The number of carbonyl (C=O) groups excluding carboxylic acids is 2. The van der Waals surface area contributed by atoms with Crippen LogP contribution in [0.1, 0.15) is 46.6 Å². The minimum Gasteiger partial charge on any atom is -0.462 e. The van der Waals surface area contributed by atoms with Gasteiger partial charge in [0.1, 0.15) is 10.8 Å². The monoisotopic (exact) mass is 364 g/mol. The molecule has 0 aromatic carbocycles. The van der Waals surface area contributed by atoms with Crippen LogP contribution in [0.2, 0.25) is 0 Å². The number of hydrogen-bond acceptors (Lipinski definition) is 5. The van der Waals surface area contributed by atoms with Gasteiger partial charge in [0.05, 0.1) is 18.4 Å². The predicted octanol–water partition coefficient (Wildman–Crippen LogP) is 3.90. The molecular weight excluding hydrogens is 343 g/mol. The van der Waals surface area contributed by atoms with E-state index in [0.29, 0.717) is 29.0 Å². The SMILES string of the molecule is CCOC(=O)c1c(NC(=O)CCc2cncc(F)c2)sc(C)c1CC. The fourth-order valence-electron chi connectivity index (χ4n) is 2.55. The summed E-state index contributed by atoms with van der Waals surface area (Å²) in [5.74, 6) is -1.09. The van der Waals surface area contributed by atoms with Gasteiger partial charge in [-0.3, -0.25) is 9.78 Å². The van der Waals surface area contributed by atoms with Crippen LogP contribution in [-0.4, -0.2) is 23.5 Å². The molecule has 0 saturated heterocycles. The average molecular weight is 364 g/mol. The van der Waals surface area contributed by atoms with E-state index in [1.54, 1.807) is 6.92 Å². The molecule has 1 N–H and O–H groups in total. The lowest BCUT2D eigenvalue weighted by atomic mass is 10.1. The van der Waals surface area contributed by atoms with Crippen LogP contribution in [0, 0.1) is 12.7 Å². The van der Waals surface area contributed by atoms with Gasteiger partial charge < -0.3 is 10.1 Å². The zero-order valence-electron chi connectivity index (χ0n) is 14.5. The normalized spacial score (nSPS) is 10.6. The third kappa shape index (κ3) is 4.85. The molecule has 2 aromatic heterocycles. The van der Waals surface area contributed by atoms with Crippen molar-refractivity contribution in [2.24, 2.45) is 0 Å². The maximum Gasteiger partial charge on any atom is 0.341 e. The second-order valence-electron chi connectivity index (χ2n) is 5.47. The van der Waals surface area contributed by atoms with Gasteiger partial charge in [0, 0.05) is 17.5 Å². The van der Waals surface area contributed by atoms with Gasteiger partial charge in [-0.05, 0) is 43.9 Å². The molecule has 2 rings (SSSR count). The fourth-order valence-corrected chi connectivity index (χ4v) is 3.70. The van der Waals surface area contributed by atoms with Crippen LogP contribution in [0.5, 0.6) is 0 Å². The molecule has 0 fully saturated rings. The molecule has 2 aromatic rings. The number of halogens is 1. The third-order valence-corrected chi connectivity index (χ3v) is 4.76. The first-order valence-corrected chi connectivity index (χ1v) is 8.96. The van der Waals surface area contributed by atoms with Crippen molar-refractivity contribution in [1.82, 2.24) is 4.98 Å². The van der Waals surface area contributed by atoms with Gasteiger partial charge in [0.15, 0.2) is 0 Å². The third-order valence-electron chi connectivity index (χ3n) is 3.70. The number of hydrogen-bond donors (Lipinski definition) is 1. The van der Waals surface area contributed by atoms with E-state index >= 15 is 0 Å². The van der Waals surface area contributed by atoms with Crippen molar-refractivity contribution in [3.8, 4) is 0 Å². The van der Waals surface area contributed by atoms with Gasteiger partial charge in [-0.15, -0.1) is 11.3 Å². The predicted molar refractivity (Wildman–Crippen MR) is 95.5 cm³/mol. The summed E-state index contributed by atoms with van der Waals surface area (Å²) in [4.78, 5) is 29.2. The maximum atomic E-state index is 13.1. The molecule has 0 aliphatic heterocycles. The number of nitrogens with one attached hydrogen (secondary N) is 1. The maximum absolute atomic E-state index is 13.1. The molecule has 5 nitrogen and oxygen atoms in total. The van der Waals surface area contributed by atoms with Crippen molar-refractivity contribution < 1.29 is 18.7 Å². The number of carbonyl (C=O) groups is 2. The Labute approximate surface area is 150 Å². The summed E-state index contributed by atoms with van der Waals surface area (Å²) in [6.45, 7) is 5.89. The van der Waals surface area contributed by atoms with E-state index in [1.807, 2.05) is 13.8 Å². The van der Waals surface area contributed by atoms with E-state index in [1.165, 1.54) is 23.6 Å². The second kappa shape index (κ2) is 8.71. The van der Waals surface area contributed by atoms with E-state index in [9.17, 15) is 14.0 Å². The summed E-state index contributed by atoms with van der Waals surface area (Å²) in [6, 6.07) is 1.36. The van der Waals surface area contributed by atoms with E-state index in [0.717, 1.165) is 16.6 Å². The minimum atomic E-state index is -0.427. The molecule has 134 valence electrons. The highest BCUT2D eigenvalue weighted by molar-refractivity contribution is 7.16. The summed E-state index contributed by atoms with van der Waals surface area (Å²) < 4.78 is 18.2. The van der Waals surface area contributed by atoms with Gasteiger partial charge in [-0.1, -0.05) is 6.92 Å². The Kier molecular flexibility index (Phi) is 6.64. The number of ether oxygens (including phenoxy) is 1. The molecule has 0 spiro atoms.